The molecule has 0 aliphatic heterocycles. The number of hydrogen-bond acceptors (Lipinski definition) is 2. The van der Waals surface area contributed by atoms with Crippen molar-refractivity contribution in [2.24, 2.45) is 0 Å². The number of nitrogens with zero attached hydrogens (tertiary/aromatic N) is 1. The van der Waals surface area contributed by atoms with Crippen molar-refractivity contribution in [3.05, 3.63) is 59.0 Å². The van der Waals surface area contributed by atoms with E-state index in [1.165, 1.54) is 12.1 Å². The van der Waals surface area contributed by atoms with Crippen molar-refractivity contribution in [2.45, 2.75) is 6.42 Å². The van der Waals surface area contributed by atoms with Crippen molar-refractivity contribution < 1.29 is 4.39 Å². The van der Waals surface area contributed by atoms with Gasteiger partial charge in [0.2, 0.25) is 0 Å². The van der Waals surface area contributed by atoms with Gasteiger partial charge >= 0.3 is 0 Å². The van der Waals surface area contributed by atoms with Crippen LogP contribution in [0.5, 0.6) is 0 Å². The van der Waals surface area contributed by atoms with Crippen LogP contribution in [0.4, 0.5) is 10.2 Å². The van der Waals surface area contributed by atoms with Crippen molar-refractivity contribution in [1.82, 2.24) is 4.98 Å². The highest BCUT2D eigenvalue weighted by Gasteiger charge is 1.99. The average Bonchev–Trinajstić information content (AvgIpc) is 2.34. The summed E-state index contributed by atoms with van der Waals surface area (Å²) in [6, 6.07) is 10.0. The molecule has 1 N–H and O–H groups in total. The zero-order valence-electron chi connectivity index (χ0n) is 9.16. The minimum Gasteiger partial charge on any atom is -0.369 e. The molecule has 1 aromatic heterocycles. The normalized spacial score (nSPS) is 10.2. The first-order valence-electron chi connectivity index (χ1n) is 5.34. The van der Waals surface area contributed by atoms with Crippen molar-refractivity contribution in [3.63, 3.8) is 0 Å². The number of anilines is 1. The monoisotopic (exact) mass is 250 g/mol. The Morgan fingerprint density at radius 1 is 1.18 bits per heavy atom. The molecule has 17 heavy (non-hydrogen) atoms. The lowest BCUT2D eigenvalue weighted by Crippen LogP contribution is -2.06. The summed E-state index contributed by atoms with van der Waals surface area (Å²) in [6.45, 7) is 0.711. The number of halogens is 2. The number of nitrogens with one attached hydrogen (secondary N) is 1. The SMILES string of the molecule is Fc1ccc(CCNc2ncccc2Cl)cc1. The second-order valence-corrected chi connectivity index (χ2v) is 4.04. The Kier molecular flexibility index (Phi) is 3.94. The molecule has 0 aliphatic rings. The van der Waals surface area contributed by atoms with Crippen LogP contribution >= 0.6 is 11.6 Å². The molecule has 0 atom stereocenters. The first-order valence-corrected chi connectivity index (χ1v) is 5.72. The van der Waals surface area contributed by atoms with Crippen LogP contribution in [0, 0.1) is 5.82 Å². The Hall–Kier alpha value is -1.61. The van der Waals surface area contributed by atoms with E-state index in [0.717, 1.165) is 12.0 Å². The van der Waals surface area contributed by atoms with Gasteiger partial charge in [0.25, 0.3) is 0 Å². The van der Waals surface area contributed by atoms with Crippen LogP contribution < -0.4 is 5.32 Å². The Morgan fingerprint density at radius 3 is 2.65 bits per heavy atom. The van der Waals surface area contributed by atoms with Crippen LogP contribution in [0.15, 0.2) is 42.6 Å². The maximum Gasteiger partial charge on any atom is 0.144 e. The van der Waals surface area contributed by atoms with Gasteiger partial charge in [0.05, 0.1) is 5.02 Å². The first-order chi connectivity index (χ1) is 8.25. The molecule has 1 heterocycles. The van der Waals surface area contributed by atoms with E-state index in [2.05, 4.69) is 10.3 Å². The molecule has 4 heteroatoms. The fourth-order valence-corrected chi connectivity index (χ4v) is 1.68. The van der Waals surface area contributed by atoms with Gasteiger partial charge in [0, 0.05) is 12.7 Å². The molecule has 0 fully saturated rings. The van der Waals surface area contributed by atoms with Gasteiger partial charge in [0.15, 0.2) is 0 Å². The van der Waals surface area contributed by atoms with Crippen LogP contribution in [-0.2, 0) is 6.42 Å². The van der Waals surface area contributed by atoms with E-state index in [0.29, 0.717) is 17.4 Å². The van der Waals surface area contributed by atoms with Gasteiger partial charge in [0.1, 0.15) is 11.6 Å². The lowest BCUT2D eigenvalue weighted by atomic mass is 10.1. The second kappa shape index (κ2) is 5.64. The molecule has 2 aromatic rings. The summed E-state index contributed by atoms with van der Waals surface area (Å²) < 4.78 is 12.7. The van der Waals surface area contributed by atoms with Crippen molar-refractivity contribution in [3.8, 4) is 0 Å². The summed E-state index contributed by atoms with van der Waals surface area (Å²) in [5, 5.41) is 3.74. The standard InChI is InChI=1S/C13H12ClFN2/c14-12-2-1-8-16-13(12)17-9-7-10-3-5-11(15)6-4-10/h1-6,8H,7,9H2,(H,16,17). The summed E-state index contributed by atoms with van der Waals surface area (Å²) in [4.78, 5) is 4.12. The van der Waals surface area contributed by atoms with E-state index in [1.54, 1.807) is 30.5 Å². The molecule has 0 amide bonds. The fourth-order valence-electron chi connectivity index (χ4n) is 1.49. The van der Waals surface area contributed by atoms with Crippen molar-refractivity contribution in [1.29, 1.82) is 0 Å². The molecule has 88 valence electrons. The number of hydrogen-bond donors (Lipinski definition) is 1. The molecule has 0 saturated carbocycles. The third kappa shape index (κ3) is 3.43. The maximum absolute atomic E-state index is 12.7. The Morgan fingerprint density at radius 2 is 1.94 bits per heavy atom. The lowest BCUT2D eigenvalue weighted by Gasteiger charge is -2.06. The molecule has 0 aliphatic carbocycles. The van der Waals surface area contributed by atoms with Gasteiger partial charge in [-0.15, -0.1) is 0 Å². The van der Waals surface area contributed by atoms with Crippen LogP contribution in [0.2, 0.25) is 5.02 Å². The van der Waals surface area contributed by atoms with E-state index in [9.17, 15) is 4.39 Å². The third-order valence-corrected chi connectivity index (χ3v) is 2.68. The fraction of sp³-hybridized carbons (Fsp3) is 0.154. The predicted octanol–water partition coefficient (Wildman–Crippen LogP) is 3.53. The molecular weight excluding hydrogens is 239 g/mol. The molecule has 0 spiro atoms. The number of rotatable bonds is 4. The second-order valence-electron chi connectivity index (χ2n) is 3.64. The molecule has 1 aromatic carbocycles. The van der Waals surface area contributed by atoms with E-state index in [4.69, 9.17) is 11.6 Å². The first kappa shape index (κ1) is 11.9. The highest BCUT2D eigenvalue weighted by molar-refractivity contribution is 6.32. The van der Waals surface area contributed by atoms with Crippen molar-refractivity contribution >= 4 is 17.4 Å². The topological polar surface area (TPSA) is 24.9 Å². The van der Waals surface area contributed by atoms with Gasteiger partial charge < -0.3 is 5.32 Å². The van der Waals surface area contributed by atoms with E-state index < -0.39 is 0 Å². The largest absolute Gasteiger partial charge is 0.369 e. The van der Waals surface area contributed by atoms with Gasteiger partial charge in [-0.3, -0.25) is 0 Å². The van der Waals surface area contributed by atoms with Crippen LogP contribution in [0.1, 0.15) is 5.56 Å². The van der Waals surface area contributed by atoms with E-state index >= 15 is 0 Å². The van der Waals surface area contributed by atoms with Gasteiger partial charge in [-0.1, -0.05) is 23.7 Å². The smallest absolute Gasteiger partial charge is 0.144 e. The third-order valence-electron chi connectivity index (χ3n) is 2.38. The zero-order valence-corrected chi connectivity index (χ0v) is 9.91. The number of pyridine rings is 1. The van der Waals surface area contributed by atoms with Gasteiger partial charge in [-0.25, -0.2) is 9.37 Å². The maximum atomic E-state index is 12.7. The van der Waals surface area contributed by atoms with Crippen molar-refractivity contribution in [2.75, 3.05) is 11.9 Å². The summed E-state index contributed by atoms with van der Waals surface area (Å²) in [5.41, 5.74) is 1.07. The van der Waals surface area contributed by atoms with Gasteiger partial charge in [-0.2, -0.15) is 0 Å². The van der Waals surface area contributed by atoms with Crippen LogP contribution in [-0.4, -0.2) is 11.5 Å². The molecule has 2 rings (SSSR count). The lowest BCUT2D eigenvalue weighted by molar-refractivity contribution is 0.627. The van der Waals surface area contributed by atoms with E-state index in [-0.39, 0.29) is 5.82 Å². The van der Waals surface area contributed by atoms with Crippen LogP contribution in [0.25, 0.3) is 0 Å². The number of aromatic nitrogens is 1. The quantitative estimate of drug-likeness (QED) is 0.898. The predicted molar refractivity (Wildman–Crippen MR) is 67.8 cm³/mol. The van der Waals surface area contributed by atoms with E-state index in [1.807, 2.05) is 0 Å². The Balaban J connectivity index is 1.88. The Bertz CT molecular complexity index is 485. The molecule has 0 unspecified atom stereocenters. The summed E-state index contributed by atoms with van der Waals surface area (Å²) >= 11 is 5.95. The molecule has 0 radical (unpaired) electrons. The summed E-state index contributed by atoms with van der Waals surface area (Å²) in [5.74, 6) is 0.464. The summed E-state index contributed by atoms with van der Waals surface area (Å²) in [7, 11) is 0. The highest BCUT2D eigenvalue weighted by atomic mass is 35.5. The highest BCUT2D eigenvalue weighted by Crippen LogP contribution is 2.17. The molecular formula is C13H12ClFN2. The summed E-state index contributed by atoms with van der Waals surface area (Å²) in [6.07, 6.45) is 2.49. The molecule has 0 bridgehead atoms. The average molecular weight is 251 g/mol. The Labute approximate surface area is 104 Å². The van der Waals surface area contributed by atoms with Crippen LogP contribution in [0.3, 0.4) is 0 Å². The van der Waals surface area contributed by atoms with Gasteiger partial charge in [-0.05, 0) is 36.2 Å². The number of benzene rings is 1. The zero-order chi connectivity index (χ0) is 12.1. The minimum absolute atomic E-state index is 0.213. The molecule has 0 saturated heterocycles. The molecule has 2 nitrogen and oxygen atoms in total. The minimum atomic E-state index is -0.213.